The molecule has 0 rings (SSSR count). The Morgan fingerprint density at radius 3 is 2.29 bits per heavy atom. The average Bonchev–Trinajstić information content (AvgIpc) is 1.97. The Hall–Kier alpha value is -0.660. The minimum atomic E-state index is -3.46. The molecule has 5 N–H and O–H groups in total. The van der Waals surface area contributed by atoms with E-state index in [4.69, 9.17) is 11.1 Å². The van der Waals surface area contributed by atoms with E-state index in [0.29, 0.717) is 0 Å². The molecule has 0 bridgehead atoms. The molecular weight excluding hydrogens is 204 g/mol. The van der Waals surface area contributed by atoms with Gasteiger partial charge in [-0.3, -0.25) is 5.41 Å². The van der Waals surface area contributed by atoms with Crippen LogP contribution in [-0.2, 0) is 10.2 Å². The first-order chi connectivity index (χ1) is 6.24. The molecule has 0 aromatic heterocycles. The summed E-state index contributed by atoms with van der Waals surface area (Å²) < 4.78 is 27.1. The van der Waals surface area contributed by atoms with Crippen LogP contribution in [0.5, 0.6) is 0 Å². The zero-order valence-corrected chi connectivity index (χ0v) is 9.48. The lowest BCUT2D eigenvalue weighted by Gasteiger charge is -2.13. The summed E-state index contributed by atoms with van der Waals surface area (Å²) >= 11 is 0. The topological polar surface area (TPSA) is 108 Å². The summed E-state index contributed by atoms with van der Waals surface area (Å²) in [6, 6.07) is -0.153. The minimum Gasteiger partial charge on any atom is -0.387 e. The van der Waals surface area contributed by atoms with Crippen molar-refractivity contribution in [3.05, 3.63) is 0 Å². The molecular formula is C7H18N4O2S. The van der Waals surface area contributed by atoms with E-state index < -0.39 is 10.2 Å². The first-order valence-electron chi connectivity index (χ1n) is 4.35. The van der Waals surface area contributed by atoms with Crippen molar-refractivity contribution in [1.29, 1.82) is 5.41 Å². The van der Waals surface area contributed by atoms with Gasteiger partial charge in [-0.2, -0.15) is 13.1 Å². The predicted molar refractivity (Wildman–Crippen MR) is 56.3 cm³/mol. The molecule has 0 aliphatic carbocycles. The van der Waals surface area contributed by atoms with Crippen molar-refractivity contribution in [3.63, 3.8) is 0 Å². The molecule has 6 nitrogen and oxygen atoms in total. The van der Waals surface area contributed by atoms with Gasteiger partial charge in [0.25, 0.3) is 10.2 Å². The highest BCUT2D eigenvalue weighted by molar-refractivity contribution is 7.87. The summed E-state index contributed by atoms with van der Waals surface area (Å²) in [5.74, 6) is -0.323. The summed E-state index contributed by atoms with van der Waals surface area (Å²) in [7, 11) is -3.46. The van der Waals surface area contributed by atoms with Crippen LogP contribution in [0.1, 0.15) is 20.8 Å². The highest BCUT2D eigenvalue weighted by Crippen LogP contribution is 1.92. The predicted octanol–water partition coefficient (Wildman–Crippen LogP) is -0.609. The molecule has 0 heterocycles. The normalized spacial score (nSPS) is 14.3. The molecule has 84 valence electrons. The van der Waals surface area contributed by atoms with E-state index in [-0.39, 0.29) is 24.3 Å². The highest BCUT2D eigenvalue weighted by Gasteiger charge is 2.13. The zero-order valence-electron chi connectivity index (χ0n) is 8.66. The molecule has 0 saturated heterocycles. The van der Waals surface area contributed by atoms with Crippen molar-refractivity contribution in [2.75, 3.05) is 6.54 Å². The number of amidine groups is 1. The van der Waals surface area contributed by atoms with Crippen LogP contribution in [0.3, 0.4) is 0 Å². The molecule has 7 heteroatoms. The Labute approximate surface area is 85.0 Å². The van der Waals surface area contributed by atoms with Crippen LogP contribution < -0.4 is 15.2 Å². The SMILES string of the molecule is CC(C)NS(=O)(=O)NCC(C)C(=N)N. The van der Waals surface area contributed by atoms with Gasteiger partial charge in [0, 0.05) is 18.5 Å². The molecule has 0 fully saturated rings. The van der Waals surface area contributed by atoms with Crippen molar-refractivity contribution in [1.82, 2.24) is 9.44 Å². The Balaban J connectivity index is 4.06. The minimum absolute atomic E-state index is 0.0303. The van der Waals surface area contributed by atoms with Crippen molar-refractivity contribution in [2.45, 2.75) is 26.8 Å². The molecule has 0 amide bonds. The second kappa shape index (κ2) is 5.28. The first kappa shape index (κ1) is 13.3. The maximum atomic E-state index is 11.2. The van der Waals surface area contributed by atoms with E-state index >= 15 is 0 Å². The van der Waals surface area contributed by atoms with Gasteiger partial charge < -0.3 is 5.73 Å². The van der Waals surface area contributed by atoms with Crippen LogP contribution in [-0.4, -0.2) is 26.8 Å². The van der Waals surface area contributed by atoms with Gasteiger partial charge in [0.1, 0.15) is 0 Å². The third kappa shape index (κ3) is 5.90. The summed E-state index contributed by atoms with van der Waals surface area (Å²) in [5, 5.41) is 7.07. The van der Waals surface area contributed by atoms with Crippen molar-refractivity contribution < 1.29 is 8.42 Å². The fourth-order valence-corrected chi connectivity index (χ4v) is 1.87. The second-order valence-electron chi connectivity index (χ2n) is 3.48. The van der Waals surface area contributed by atoms with E-state index in [1.54, 1.807) is 20.8 Å². The van der Waals surface area contributed by atoms with E-state index in [1.807, 2.05) is 0 Å². The molecule has 14 heavy (non-hydrogen) atoms. The number of hydrogen-bond acceptors (Lipinski definition) is 3. The molecule has 0 radical (unpaired) electrons. The van der Waals surface area contributed by atoms with Crippen molar-refractivity contribution >= 4 is 16.0 Å². The fourth-order valence-electron chi connectivity index (χ4n) is 0.697. The summed E-state index contributed by atoms with van der Waals surface area (Å²) in [6.07, 6.45) is 0. The van der Waals surface area contributed by atoms with Crippen LogP contribution in [0, 0.1) is 11.3 Å². The van der Waals surface area contributed by atoms with Crippen molar-refractivity contribution in [2.24, 2.45) is 11.7 Å². The Morgan fingerprint density at radius 2 is 1.93 bits per heavy atom. The smallest absolute Gasteiger partial charge is 0.277 e. The maximum Gasteiger partial charge on any atom is 0.277 e. The number of nitrogens with one attached hydrogen (secondary N) is 3. The Bertz CT molecular complexity index is 286. The number of hydrogen-bond donors (Lipinski definition) is 4. The maximum absolute atomic E-state index is 11.2. The first-order valence-corrected chi connectivity index (χ1v) is 5.83. The van der Waals surface area contributed by atoms with Crippen LogP contribution in [0.15, 0.2) is 0 Å². The monoisotopic (exact) mass is 222 g/mol. The lowest BCUT2D eigenvalue weighted by Crippen LogP contribution is -2.43. The van der Waals surface area contributed by atoms with Gasteiger partial charge in [-0.05, 0) is 13.8 Å². The molecule has 0 aromatic carbocycles. The Kier molecular flexibility index (Phi) is 5.03. The van der Waals surface area contributed by atoms with Gasteiger partial charge in [-0.25, -0.2) is 4.72 Å². The number of rotatable bonds is 6. The molecule has 1 unspecified atom stereocenters. The van der Waals surface area contributed by atoms with Crippen LogP contribution in [0.4, 0.5) is 0 Å². The molecule has 1 atom stereocenters. The van der Waals surface area contributed by atoms with E-state index in [1.165, 1.54) is 0 Å². The summed E-state index contributed by atoms with van der Waals surface area (Å²) in [4.78, 5) is 0. The van der Waals surface area contributed by atoms with Crippen molar-refractivity contribution in [3.8, 4) is 0 Å². The van der Waals surface area contributed by atoms with Gasteiger partial charge >= 0.3 is 0 Å². The Morgan fingerprint density at radius 1 is 1.43 bits per heavy atom. The average molecular weight is 222 g/mol. The third-order valence-corrected chi connectivity index (χ3v) is 2.83. The molecule has 0 aliphatic rings. The standard InChI is InChI=1S/C7H18N4O2S/c1-5(2)11-14(12,13)10-4-6(3)7(8)9/h5-6,10-11H,4H2,1-3H3,(H3,8,9). The molecule has 0 aliphatic heterocycles. The van der Waals surface area contributed by atoms with E-state index in [9.17, 15) is 8.42 Å². The second-order valence-corrected chi connectivity index (χ2v) is 5.01. The molecule has 0 aromatic rings. The summed E-state index contributed by atoms with van der Waals surface area (Å²) in [5.41, 5.74) is 5.19. The van der Waals surface area contributed by atoms with Gasteiger partial charge in [0.05, 0.1) is 5.84 Å². The van der Waals surface area contributed by atoms with Gasteiger partial charge in [-0.1, -0.05) is 6.92 Å². The van der Waals surface area contributed by atoms with E-state index in [2.05, 4.69) is 9.44 Å². The highest BCUT2D eigenvalue weighted by atomic mass is 32.2. The quantitative estimate of drug-likeness (QED) is 0.355. The van der Waals surface area contributed by atoms with Gasteiger partial charge in [0.2, 0.25) is 0 Å². The van der Waals surface area contributed by atoms with Crippen LogP contribution in [0.2, 0.25) is 0 Å². The van der Waals surface area contributed by atoms with Gasteiger partial charge in [-0.15, -0.1) is 0 Å². The largest absolute Gasteiger partial charge is 0.387 e. The lowest BCUT2D eigenvalue weighted by molar-refractivity contribution is 0.549. The molecule has 0 spiro atoms. The third-order valence-electron chi connectivity index (χ3n) is 1.50. The fraction of sp³-hybridized carbons (Fsp3) is 0.857. The zero-order chi connectivity index (χ0) is 11.4. The molecule has 0 saturated carbocycles. The van der Waals surface area contributed by atoms with Gasteiger partial charge in [0.15, 0.2) is 0 Å². The number of nitrogens with two attached hydrogens (primary N) is 1. The van der Waals surface area contributed by atoms with Crippen LogP contribution >= 0.6 is 0 Å². The van der Waals surface area contributed by atoms with E-state index in [0.717, 1.165) is 0 Å². The lowest BCUT2D eigenvalue weighted by atomic mass is 10.2. The summed E-state index contributed by atoms with van der Waals surface area (Å²) in [6.45, 7) is 5.28. The van der Waals surface area contributed by atoms with Crippen LogP contribution in [0.25, 0.3) is 0 Å².